The van der Waals surface area contributed by atoms with E-state index in [1.54, 1.807) is 12.1 Å². The molecule has 0 saturated heterocycles. The minimum Gasteiger partial charge on any atom is -0.367 e. The molecule has 0 saturated carbocycles. The Balaban J connectivity index is 1.57. The summed E-state index contributed by atoms with van der Waals surface area (Å²) in [5.74, 6) is 2.49. The van der Waals surface area contributed by atoms with Gasteiger partial charge in [-0.05, 0) is 31.4 Å². The SMILES string of the molecule is CCNC(=NCc1cccc(COCC(F)(F)F)c1)NC1CCc2nc(C)nn2C1. The fraction of sp³-hybridized carbons (Fsp3) is 0.550. The first kappa shape index (κ1) is 22.1. The minimum atomic E-state index is -4.32. The molecule has 2 aromatic rings. The number of aryl methyl sites for hydroxylation is 2. The monoisotopic (exact) mass is 424 g/mol. The molecule has 1 aliphatic rings. The Labute approximate surface area is 173 Å². The fourth-order valence-corrected chi connectivity index (χ4v) is 3.34. The first-order valence-electron chi connectivity index (χ1n) is 10.00. The maximum absolute atomic E-state index is 12.2. The van der Waals surface area contributed by atoms with Crippen molar-refractivity contribution < 1.29 is 17.9 Å². The van der Waals surface area contributed by atoms with Crippen LogP contribution >= 0.6 is 0 Å². The number of aliphatic imine (C=N–C) groups is 1. The molecular formula is C20H27F3N6O. The lowest BCUT2D eigenvalue weighted by Gasteiger charge is -2.25. The van der Waals surface area contributed by atoms with E-state index >= 15 is 0 Å². The summed E-state index contributed by atoms with van der Waals surface area (Å²) in [4.78, 5) is 9.05. The van der Waals surface area contributed by atoms with Crippen molar-refractivity contribution in [2.24, 2.45) is 4.99 Å². The molecule has 0 aliphatic carbocycles. The Morgan fingerprint density at radius 2 is 2.13 bits per heavy atom. The third kappa shape index (κ3) is 6.72. The van der Waals surface area contributed by atoms with Gasteiger partial charge in [-0.3, -0.25) is 0 Å². The van der Waals surface area contributed by atoms with Crippen molar-refractivity contribution in [3.63, 3.8) is 0 Å². The third-order valence-electron chi connectivity index (χ3n) is 4.59. The van der Waals surface area contributed by atoms with Gasteiger partial charge in [-0.15, -0.1) is 0 Å². The third-order valence-corrected chi connectivity index (χ3v) is 4.59. The highest BCUT2D eigenvalue weighted by molar-refractivity contribution is 5.80. The quantitative estimate of drug-likeness (QED) is 0.528. The predicted octanol–water partition coefficient (Wildman–Crippen LogP) is 2.74. The molecule has 0 radical (unpaired) electrons. The normalized spacial score (nSPS) is 17.0. The first-order valence-corrected chi connectivity index (χ1v) is 10.00. The lowest BCUT2D eigenvalue weighted by atomic mass is 10.1. The summed E-state index contributed by atoms with van der Waals surface area (Å²) < 4.78 is 43.4. The number of fused-ring (bicyclic) bond motifs is 1. The molecule has 0 bridgehead atoms. The van der Waals surface area contributed by atoms with Crippen LogP contribution in [-0.2, 0) is 30.9 Å². The zero-order valence-corrected chi connectivity index (χ0v) is 17.2. The number of nitrogens with one attached hydrogen (secondary N) is 2. The zero-order chi connectivity index (χ0) is 21.6. The molecule has 1 unspecified atom stereocenters. The fourth-order valence-electron chi connectivity index (χ4n) is 3.34. The smallest absolute Gasteiger partial charge is 0.367 e. The van der Waals surface area contributed by atoms with Crippen LogP contribution in [0.5, 0.6) is 0 Å². The maximum Gasteiger partial charge on any atom is 0.411 e. The van der Waals surface area contributed by atoms with Crippen molar-refractivity contribution in [2.45, 2.75) is 58.6 Å². The van der Waals surface area contributed by atoms with Gasteiger partial charge < -0.3 is 15.4 Å². The van der Waals surface area contributed by atoms with E-state index in [1.807, 2.05) is 30.7 Å². The van der Waals surface area contributed by atoms with Crippen LogP contribution in [0.25, 0.3) is 0 Å². The number of ether oxygens (including phenoxy) is 1. The molecule has 164 valence electrons. The number of nitrogens with zero attached hydrogens (tertiary/aromatic N) is 4. The molecular weight excluding hydrogens is 397 g/mol. The summed E-state index contributed by atoms with van der Waals surface area (Å²) in [5, 5.41) is 11.1. The molecule has 0 spiro atoms. The number of benzene rings is 1. The summed E-state index contributed by atoms with van der Waals surface area (Å²) in [7, 11) is 0. The first-order chi connectivity index (χ1) is 14.3. The molecule has 1 atom stereocenters. The van der Waals surface area contributed by atoms with E-state index in [0.29, 0.717) is 18.1 Å². The van der Waals surface area contributed by atoms with Crippen LogP contribution in [-0.4, -0.2) is 46.1 Å². The Kier molecular flexibility index (Phi) is 7.30. The van der Waals surface area contributed by atoms with Gasteiger partial charge in [-0.1, -0.05) is 24.3 Å². The van der Waals surface area contributed by atoms with Crippen LogP contribution in [0.1, 0.15) is 36.1 Å². The Morgan fingerprint density at radius 3 is 2.90 bits per heavy atom. The van der Waals surface area contributed by atoms with E-state index in [9.17, 15) is 13.2 Å². The number of rotatable bonds is 7. The Bertz CT molecular complexity index is 864. The summed E-state index contributed by atoms with van der Waals surface area (Å²) in [5.41, 5.74) is 1.59. The molecule has 3 rings (SSSR count). The van der Waals surface area contributed by atoms with E-state index in [0.717, 1.165) is 43.1 Å². The molecule has 2 N–H and O–H groups in total. The second kappa shape index (κ2) is 9.92. The van der Waals surface area contributed by atoms with E-state index < -0.39 is 12.8 Å². The molecule has 7 nitrogen and oxygen atoms in total. The minimum absolute atomic E-state index is 0.0862. The van der Waals surface area contributed by atoms with Gasteiger partial charge in [0, 0.05) is 19.0 Å². The Morgan fingerprint density at radius 1 is 1.33 bits per heavy atom. The Hall–Kier alpha value is -2.62. The van der Waals surface area contributed by atoms with Gasteiger partial charge >= 0.3 is 6.18 Å². The largest absolute Gasteiger partial charge is 0.411 e. The van der Waals surface area contributed by atoms with Gasteiger partial charge in [0.05, 0.1) is 19.7 Å². The number of halogens is 3. The average Bonchev–Trinajstić information content (AvgIpc) is 3.05. The maximum atomic E-state index is 12.2. The summed E-state index contributed by atoms with van der Waals surface area (Å²) in [6.45, 7) is 4.40. The van der Waals surface area contributed by atoms with Crippen molar-refractivity contribution in [1.82, 2.24) is 25.4 Å². The van der Waals surface area contributed by atoms with E-state index in [2.05, 4.69) is 25.7 Å². The molecule has 1 aromatic carbocycles. The van der Waals surface area contributed by atoms with Gasteiger partial charge in [-0.25, -0.2) is 14.7 Å². The highest BCUT2D eigenvalue weighted by Gasteiger charge is 2.27. The van der Waals surface area contributed by atoms with Gasteiger partial charge in [-0.2, -0.15) is 18.3 Å². The van der Waals surface area contributed by atoms with Crippen molar-refractivity contribution in [2.75, 3.05) is 13.2 Å². The van der Waals surface area contributed by atoms with Crippen molar-refractivity contribution in [3.05, 3.63) is 47.0 Å². The standard InChI is InChI=1S/C20H27F3N6O/c1-3-24-19(27-17-7-8-18-26-14(2)28-29(18)11-17)25-10-15-5-4-6-16(9-15)12-30-13-20(21,22)23/h4-6,9,17H,3,7-8,10-13H2,1-2H3,(H2,24,25,27). The number of hydrogen-bond donors (Lipinski definition) is 2. The average molecular weight is 424 g/mol. The van der Waals surface area contributed by atoms with Gasteiger partial charge in [0.2, 0.25) is 0 Å². The van der Waals surface area contributed by atoms with Gasteiger partial charge in [0.15, 0.2) is 5.96 Å². The molecule has 30 heavy (non-hydrogen) atoms. The van der Waals surface area contributed by atoms with Crippen LogP contribution in [0, 0.1) is 6.92 Å². The number of hydrogen-bond acceptors (Lipinski definition) is 4. The lowest BCUT2D eigenvalue weighted by Crippen LogP contribution is -2.47. The number of alkyl halides is 3. The molecule has 1 aromatic heterocycles. The van der Waals surface area contributed by atoms with Crippen molar-refractivity contribution >= 4 is 5.96 Å². The van der Waals surface area contributed by atoms with E-state index in [1.165, 1.54) is 0 Å². The highest BCUT2D eigenvalue weighted by Crippen LogP contribution is 2.16. The van der Waals surface area contributed by atoms with Gasteiger partial charge in [0.1, 0.15) is 18.3 Å². The number of aromatic nitrogens is 3. The number of guanidine groups is 1. The lowest BCUT2D eigenvalue weighted by molar-refractivity contribution is -0.176. The second-order valence-electron chi connectivity index (χ2n) is 7.26. The topological polar surface area (TPSA) is 76.4 Å². The molecule has 0 amide bonds. The summed E-state index contributed by atoms with van der Waals surface area (Å²) in [6.07, 6.45) is -2.52. The summed E-state index contributed by atoms with van der Waals surface area (Å²) >= 11 is 0. The molecule has 2 heterocycles. The van der Waals surface area contributed by atoms with E-state index in [4.69, 9.17) is 4.74 Å². The van der Waals surface area contributed by atoms with Crippen molar-refractivity contribution in [3.8, 4) is 0 Å². The van der Waals surface area contributed by atoms with Crippen LogP contribution in [0.2, 0.25) is 0 Å². The highest BCUT2D eigenvalue weighted by atomic mass is 19.4. The predicted molar refractivity (Wildman–Crippen MR) is 107 cm³/mol. The molecule has 1 aliphatic heterocycles. The van der Waals surface area contributed by atoms with Crippen LogP contribution in [0.15, 0.2) is 29.3 Å². The van der Waals surface area contributed by atoms with Gasteiger partial charge in [0.25, 0.3) is 0 Å². The van der Waals surface area contributed by atoms with Crippen molar-refractivity contribution in [1.29, 1.82) is 0 Å². The van der Waals surface area contributed by atoms with Crippen LogP contribution in [0.4, 0.5) is 13.2 Å². The zero-order valence-electron chi connectivity index (χ0n) is 17.2. The van der Waals surface area contributed by atoms with Crippen LogP contribution < -0.4 is 10.6 Å². The van der Waals surface area contributed by atoms with Crippen LogP contribution in [0.3, 0.4) is 0 Å². The van der Waals surface area contributed by atoms with E-state index in [-0.39, 0.29) is 12.6 Å². The summed E-state index contributed by atoms with van der Waals surface area (Å²) in [6, 6.07) is 7.44. The molecule has 0 fully saturated rings. The second-order valence-corrected chi connectivity index (χ2v) is 7.26. The molecule has 10 heteroatoms.